The first-order chi connectivity index (χ1) is 9.88. The van der Waals surface area contributed by atoms with Gasteiger partial charge in [0.1, 0.15) is 5.76 Å². The Morgan fingerprint density at radius 1 is 1.35 bits per heavy atom. The van der Waals surface area contributed by atoms with Gasteiger partial charge in [0.05, 0.1) is 24.8 Å². The molecule has 2 aromatic rings. The number of imidazole rings is 1. The average Bonchev–Trinajstić information content (AvgIpc) is 3.08. The monoisotopic (exact) mass is 273 g/mol. The van der Waals surface area contributed by atoms with Crippen molar-refractivity contribution in [3.63, 3.8) is 0 Å². The van der Waals surface area contributed by atoms with Crippen LogP contribution in [0.25, 0.3) is 0 Å². The van der Waals surface area contributed by atoms with Gasteiger partial charge in [-0.05, 0) is 44.7 Å². The zero-order chi connectivity index (χ0) is 13.8. The van der Waals surface area contributed by atoms with Crippen LogP contribution in [0.15, 0.2) is 23.1 Å². The van der Waals surface area contributed by atoms with E-state index in [0.717, 1.165) is 44.7 Å². The van der Waals surface area contributed by atoms with Crippen molar-refractivity contribution in [1.82, 2.24) is 14.9 Å². The highest BCUT2D eigenvalue weighted by molar-refractivity contribution is 5.21. The molecule has 0 aliphatic heterocycles. The van der Waals surface area contributed by atoms with E-state index in [2.05, 4.69) is 27.9 Å². The molecule has 0 saturated heterocycles. The average molecular weight is 273 g/mol. The maximum Gasteiger partial charge on any atom is 0.127 e. The van der Waals surface area contributed by atoms with Gasteiger partial charge in [-0.3, -0.25) is 0 Å². The van der Waals surface area contributed by atoms with Crippen molar-refractivity contribution in [3.8, 4) is 0 Å². The number of hydrogen-bond donors (Lipinski definition) is 1. The number of nitrogens with one attached hydrogen (secondary N) is 1. The molecule has 0 unspecified atom stereocenters. The number of aromatic nitrogens is 2. The molecule has 2 aromatic heterocycles. The summed E-state index contributed by atoms with van der Waals surface area (Å²) in [7, 11) is 0. The highest BCUT2D eigenvalue weighted by atomic mass is 16.3. The van der Waals surface area contributed by atoms with Gasteiger partial charge in [-0.15, -0.1) is 0 Å². The van der Waals surface area contributed by atoms with Crippen LogP contribution in [0.2, 0.25) is 0 Å². The van der Waals surface area contributed by atoms with Crippen LogP contribution in [-0.2, 0) is 25.9 Å². The van der Waals surface area contributed by atoms with Gasteiger partial charge in [0, 0.05) is 17.8 Å². The summed E-state index contributed by atoms with van der Waals surface area (Å²) in [6.07, 6.45) is 9.76. The van der Waals surface area contributed by atoms with Crippen molar-refractivity contribution in [1.29, 1.82) is 0 Å². The molecule has 0 aromatic carbocycles. The Labute approximate surface area is 120 Å². The fraction of sp³-hybridized carbons (Fsp3) is 0.562. The van der Waals surface area contributed by atoms with E-state index >= 15 is 0 Å². The van der Waals surface area contributed by atoms with Gasteiger partial charge in [-0.25, -0.2) is 4.98 Å². The third-order valence-corrected chi connectivity index (χ3v) is 4.00. The SMILES string of the molecule is CCCNCc1ccoc1Cn1cnc2c1CCCC2. The van der Waals surface area contributed by atoms with E-state index in [9.17, 15) is 0 Å². The zero-order valence-electron chi connectivity index (χ0n) is 12.2. The second-order valence-electron chi connectivity index (χ2n) is 5.52. The molecular formula is C16H23N3O. The molecule has 0 atom stereocenters. The first-order valence-corrected chi connectivity index (χ1v) is 7.67. The van der Waals surface area contributed by atoms with E-state index in [1.54, 1.807) is 6.26 Å². The molecule has 20 heavy (non-hydrogen) atoms. The molecule has 0 fully saturated rings. The van der Waals surface area contributed by atoms with Gasteiger partial charge < -0.3 is 14.3 Å². The van der Waals surface area contributed by atoms with E-state index < -0.39 is 0 Å². The van der Waals surface area contributed by atoms with Gasteiger partial charge in [-0.1, -0.05) is 6.92 Å². The van der Waals surface area contributed by atoms with Gasteiger partial charge in [-0.2, -0.15) is 0 Å². The lowest BCUT2D eigenvalue weighted by Gasteiger charge is -2.13. The zero-order valence-corrected chi connectivity index (χ0v) is 12.2. The third kappa shape index (κ3) is 2.80. The van der Waals surface area contributed by atoms with Crippen molar-refractivity contribution < 1.29 is 4.42 Å². The Morgan fingerprint density at radius 3 is 3.15 bits per heavy atom. The standard InChI is InChI=1S/C16H23N3O/c1-2-8-17-10-13-7-9-20-16(13)11-19-12-18-14-5-3-4-6-15(14)19/h7,9,12,17H,2-6,8,10-11H2,1H3. The predicted octanol–water partition coefficient (Wildman–Crippen LogP) is 2.90. The number of aryl methyl sites for hydroxylation is 1. The first-order valence-electron chi connectivity index (χ1n) is 7.67. The van der Waals surface area contributed by atoms with Crippen molar-refractivity contribution >= 4 is 0 Å². The summed E-state index contributed by atoms with van der Waals surface area (Å²) in [6.45, 7) is 4.92. The second-order valence-corrected chi connectivity index (χ2v) is 5.52. The van der Waals surface area contributed by atoms with Gasteiger partial charge in [0.25, 0.3) is 0 Å². The van der Waals surface area contributed by atoms with Crippen LogP contribution in [0.5, 0.6) is 0 Å². The van der Waals surface area contributed by atoms with E-state index in [1.165, 1.54) is 29.8 Å². The highest BCUT2D eigenvalue weighted by Gasteiger charge is 2.16. The topological polar surface area (TPSA) is 43.0 Å². The van der Waals surface area contributed by atoms with Crippen LogP contribution in [0, 0.1) is 0 Å². The maximum absolute atomic E-state index is 5.67. The lowest BCUT2D eigenvalue weighted by molar-refractivity contribution is 0.479. The summed E-state index contributed by atoms with van der Waals surface area (Å²) in [6, 6.07) is 2.07. The van der Waals surface area contributed by atoms with Crippen LogP contribution in [0.1, 0.15) is 48.9 Å². The molecule has 2 heterocycles. The van der Waals surface area contributed by atoms with E-state index in [-0.39, 0.29) is 0 Å². The number of nitrogens with zero attached hydrogens (tertiary/aromatic N) is 2. The molecule has 0 amide bonds. The third-order valence-electron chi connectivity index (χ3n) is 4.00. The molecule has 0 bridgehead atoms. The van der Waals surface area contributed by atoms with E-state index in [1.807, 2.05) is 6.33 Å². The predicted molar refractivity (Wildman–Crippen MR) is 78.7 cm³/mol. The molecule has 4 nitrogen and oxygen atoms in total. The molecule has 4 heteroatoms. The quantitative estimate of drug-likeness (QED) is 0.823. The van der Waals surface area contributed by atoms with Crippen molar-refractivity contribution in [2.75, 3.05) is 6.54 Å². The van der Waals surface area contributed by atoms with Gasteiger partial charge >= 0.3 is 0 Å². The number of hydrogen-bond acceptors (Lipinski definition) is 3. The summed E-state index contributed by atoms with van der Waals surface area (Å²) in [5, 5.41) is 3.43. The number of furan rings is 1. The van der Waals surface area contributed by atoms with Gasteiger partial charge in [0.2, 0.25) is 0 Å². The second kappa shape index (κ2) is 6.27. The highest BCUT2D eigenvalue weighted by Crippen LogP contribution is 2.21. The molecule has 1 N–H and O–H groups in total. The minimum absolute atomic E-state index is 0.804. The minimum atomic E-state index is 0.804. The number of fused-ring (bicyclic) bond motifs is 1. The van der Waals surface area contributed by atoms with Crippen molar-refractivity contribution in [2.24, 2.45) is 0 Å². The summed E-state index contributed by atoms with van der Waals surface area (Å²) >= 11 is 0. The largest absolute Gasteiger partial charge is 0.467 e. The Bertz CT molecular complexity index is 556. The first kappa shape index (κ1) is 13.4. The summed E-state index contributed by atoms with van der Waals surface area (Å²) in [4.78, 5) is 4.55. The number of rotatable bonds is 6. The Hall–Kier alpha value is -1.55. The summed E-state index contributed by atoms with van der Waals surface area (Å²) in [5.74, 6) is 1.05. The van der Waals surface area contributed by atoms with E-state index in [0.29, 0.717) is 0 Å². The maximum atomic E-state index is 5.67. The van der Waals surface area contributed by atoms with Crippen LogP contribution < -0.4 is 5.32 Å². The summed E-state index contributed by atoms with van der Waals surface area (Å²) < 4.78 is 7.93. The molecule has 1 aliphatic rings. The smallest absolute Gasteiger partial charge is 0.127 e. The molecule has 0 spiro atoms. The Morgan fingerprint density at radius 2 is 2.25 bits per heavy atom. The Balaban J connectivity index is 1.71. The summed E-state index contributed by atoms with van der Waals surface area (Å²) in [5.41, 5.74) is 3.95. The van der Waals surface area contributed by atoms with Gasteiger partial charge in [0.15, 0.2) is 0 Å². The molecule has 0 radical (unpaired) electrons. The molecular weight excluding hydrogens is 250 g/mol. The van der Waals surface area contributed by atoms with Crippen LogP contribution in [0.4, 0.5) is 0 Å². The van der Waals surface area contributed by atoms with Crippen LogP contribution in [-0.4, -0.2) is 16.1 Å². The van der Waals surface area contributed by atoms with E-state index in [4.69, 9.17) is 4.42 Å². The Kier molecular flexibility index (Phi) is 4.21. The van der Waals surface area contributed by atoms with Crippen molar-refractivity contribution in [2.45, 2.75) is 52.1 Å². The van der Waals surface area contributed by atoms with Crippen LogP contribution >= 0.6 is 0 Å². The molecule has 0 saturated carbocycles. The molecule has 3 rings (SSSR count). The fourth-order valence-corrected chi connectivity index (χ4v) is 2.89. The fourth-order valence-electron chi connectivity index (χ4n) is 2.89. The van der Waals surface area contributed by atoms with Crippen LogP contribution in [0.3, 0.4) is 0 Å². The minimum Gasteiger partial charge on any atom is -0.467 e. The normalized spacial score (nSPS) is 14.4. The lowest BCUT2D eigenvalue weighted by atomic mass is 10.0. The van der Waals surface area contributed by atoms with Crippen molar-refractivity contribution in [3.05, 3.63) is 41.4 Å². The molecule has 108 valence electrons. The lowest BCUT2D eigenvalue weighted by Crippen LogP contribution is -2.15. The molecule has 1 aliphatic carbocycles.